The van der Waals surface area contributed by atoms with E-state index in [0.29, 0.717) is 10.7 Å². The van der Waals surface area contributed by atoms with Crippen molar-refractivity contribution in [3.05, 3.63) is 57.5 Å². The number of thioether (sulfide) groups is 1. The van der Waals surface area contributed by atoms with Crippen LogP contribution in [0, 0.1) is 0 Å². The number of fused-ring (bicyclic) bond motifs is 2. The fourth-order valence-corrected chi connectivity index (χ4v) is 5.13. The number of benzene rings is 2. The Balaban J connectivity index is 1.95. The van der Waals surface area contributed by atoms with Crippen molar-refractivity contribution in [3.8, 4) is 0 Å². The number of nitrogens with zero attached hydrogens (tertiary/aromatic N) is 1. The fraction of sp³-hybridized carbons (Fsp3) is 0.176. The molecule has 1 fully saturated rings. The molecule has 2 aliphatic heterocycles. The molecule has 4 rings (SSSR count). The molecule has 2 heterocycles. The molecule has 7 heteroatoms. The summed E-state index contributed by atoms with van der Waals surface area (Å²) < 4.78 is 0.862. The maximum absolute atomic E-state index is 12.9. The van der Waals surface area contributed by atoms with Crippen molar-refractivity contribution in [2.24, 2.45) is 0 Å². The lowest BCUT2D eigenvalue weighted by atomic mass is 10.0. The highest BCUT2D eigenvalue weighted by Gasteiger charge is 2.60. The van der Waals surface area contributed by atoms with Crippen LogP contribution in [-0.2, 0) is 14.5 Å². The van der Waals surface area contributed by atoms with Crippen LogP contribution in [0.5, 0.6) is 0 Å². The molecule has 2 aliphatic rings. The van der Waals surface area contributed by atoms with Crippen LogP contribution in [0.25, 0.3) is 0 Å². The fourth-order valence-electron chi connectivity index (χ4n) is 3.17. The number of nitrogens with one attached hydrogen (secondary N) is 1. The number of hydrogen-bond donors (Lipinski definition) is 1. The molecular weight excluding hydrogens is 412 g/mol. The molecule has 0 aliphatic carbocycles. The molecule has 1 spiro atoms. The van der Waals surface area contributed by atoms with Crippen molar-refractivity contribution in [2.75, 3.05) is 10.2 Å². The molecule has 1 saturated heterocycles. The Morgan fingerprint density at radius 3 is 2.62 bits per heavy atom. The minimum Gasteiger partial charge on any atom is -0.323 e. The van der Waals surface area contributed by atoms with E-state index in [-0.39, 0.29) is 17.1 Å². The Bertz CT molecular complexity index is 873. The number of carbonyl (C=O) groups is 2. The topological polar surface area (TPSA) is 49.4 Å². The van der Waals surface area contributed by atoms with Crippen molar-refractivity contribution in [2.45, 2.75) is 17.0 Å². The van der Waals surface area contributed by atoms with Gasteiger partial charge in [-0.25, -0.2) is 0 Å². The lowest BCUT2D eigenvalue weighted by Gasteiger charge is -2.32. The predicted octanol–water partition coefficient (Wildman–Crippen LogP) is 4.38. The van der Waals surface area contributed by atoms with E-state index < -0.39 is 4.87 Å². The Kier molecular flexibility index (Phi) is 3.67. The van der Waals surface area contributed by atoms with Gasteiger partial charge in [0.15, 0.2) is 0 Å². The molecule has 0 aromatic heterocycles. The van der Waals surface area contributed by atoms with Gasteiger partial charge in [-0.3, -0.25) is 14.5 Å². The monoisotopic (exact) mass is 422 g/mol. The molecule has 1 N–H and O–H groups in total. The molecule has 24 heavy (non-hydrogen) atoms. The molecule has 0 radical (unpaired) electrons. The van der Waals surface area contributed by atoms with Gasteiger partial charge in [0.05, 0.1) is 5.25 Å². The summed E-state index contributed by atoms with van der Waals surface area (Å²) >= 11 is 10.8. The van der Waals surface area contributed by atoms with E-state index in [0.717, 1.165) is 15.7 Å². The Morgan fingerprint density at radius 1 is 1.21 bits per heavy atom. The van der Waals surface area contributed by atoms with Gasteiger partial charge in [0, 0.05) is 26.4 Å². The van der Waals surface area contributed by atoms with Gasteiger partial charge in [-0.05, 0) is 49.4 Å². The van der Waals surface area contributed by atoms with Crippen molar-refractivity contribution in [1.29, 1.82) is 0 Å². The second kappa shape index (κ2) is 5.51. The second-order valence-electron chi connectivity index (χ2n) is 5.70. The van der Waals surface area contributed by atoms with Gasteiger partial charge < -0.3 is 5.32 Å². The highest BCUT2D eigenvalue weighted by Crippen LogP contribution is 2.56. The van der Waals surface area contributed by atoms with Gasteiger partial charge in [0.25, 0.3) is 5.91 Å². The van der Waals surface area contributed by atoms with E-state index in [1.165, 1.54) is 11.8 Å². The van der Waals surface area contributed by atoms with Gasteiger partial charge in [-0.15, -0.1) is 11.8 Å². The number of halogens is 2. The van der Waals surface area contributed by atoms with E-state index in [9.17, 15) is 9.59 Å². The molecule has 122 valence electrons. The van der Waals surface area contributed by atoms with Crippen molar-refractivity contribution >= 4 is 62.5 Å². The van der Waals surface area contributed by atoms with Crippen LogP contribution < -0.4 is 10.2 Å². The number of carbonyl (C=O) groups excluding carboxylic acids is 2. The van der Waals surface area contributed by atoms with Gasteiger partial charge in [0.1, 0.15) is 0 Å². The number of hydrogen-bond acceptors (Lipinski definition) is 3. The highest BCUT2D eigenvalue weighted by molar-refractivity contribution is 9.10. The van der Waals surface area contributed by atoms with Gasteiger partial charge in [-0.2, -0.15) is 0 Å². The van der Waals surface area contributed by atoms with Crippen LogP contribution >= 0.6 is 39.3 Å². The SMILES string of the molecule is C[C@H]1S[C@]2(C(=O)Nc3ccc(Br)cc32)N(c2ccc(Cl)cc2)C1=O. The Morgan fingerprint density at radius 2 is 1.92 bits per heavy atom. The summed E-state index contributed by atoms with van der Waals surface area (Å²) in [7, 11) is 0. The van der Waals surface area contributed by atoms with E-state index in [2.05, 4.69) is 21.2 Å². The van der Waals surface area contributed by atoms with E-state index in [1.807, 2.05) is 25.1 Å². The van der Waals surface area contributed by atoms with Crippen molar-refractivity contribution in [3.63, 3.8) is 0 Å². The van der Waals surface area contributed by atoms with E-state index >= 15 is 0 Å². The molecule has 2 aromatic carbocycles. The first-order valence-electron chi connectivity index (χ1n) is 7.32. The summed E-state index contributed by atoms with van der Waals surface area (Å²) in [6.45, 7) is 1.83. The Labute approximate surface area is 156 Å². The van der Waals surface area contributed by atoms with Gasteiger partial charge in [0.2, 0.25) is 10.8 Å². The number of rotatable bonds is 1. The van der Waals surface area contributed by atoms with Crippen LogP contribution in [0.15, 0.2) is 46.9 Å². The molecular formula is C17H12BrClN2O2S. The first kappa shape index (κ1) is 16.0. The molecule has 0 bridgehead atoms. The van der Waals surface area contributed by atoms with Crippen LogP contribution in [0.3, 0.4) is 0 Å². The average molecular weight is 424 g/mol. The highest BCUT2D eigenvalue weighted by atomic mass is 79.9. The zero-order chi connectivity index (χ0) is 17.1. The first-order chi connectivity index (χ1) is 11.4. The first-order valence-corrected chi connectivity index (χ1v) is 9.37. The third-order valence-electron chi connectivity index (χ3n) is 4.22. The van der Waals surface area contributed by atoms with Gasteiger partial charge in [-0.1, -0.05) is 27.5 Å². The van der Waals surface area contributed by atoms with Crippen LogP contribution in [0.2, 0.25) is 5.02 Å². The van der Waals surface area contributed by atoms with Gasteiger partial charge >= 0.3 is 0 Å². The quantitative estimate of drug-likeness (QED) is 0.741. The van der Waals surface area contributed by atoms with Crippen LogP contribution in [-0.4, -0.2) is 17.1 Å². The minimum atomic E-state index is -1.09. The molecule has 2 aromatic rings. The van der Waals surface area contributed by atoms with Crippen LogP contribution in [0.1, 0.15) is 12.5 Å². The van der Waals surface area contributed by atoms with E-state index in [4.69, 9.17) is 11.6 Å². The standard InChI is InChI=1S/C17H12BrClN2O2S/c1-9-15(22)21(12-5-3-11(19)4-6-12)17(24-9)13-8-10(18)2-7-14(13)20-16(17)23/h2-9H,1H3,(H,20,23)/t9-,17-/m1/s1. The lowest BCUT2D eigenvalue weighted by Crippen LogP contribution is -2.47. The summed E-state index contributed by atoms with van der Waals surface area (Å²) in [5.74, 6) is -0.293. The van der Waals surface area contributed by atoms with E-state index in [1.54, 1.807) is 29.2 Å². The van der Waals surface area contributed by atoms with Crippen LogP contribution in [0.4, 0.5) is 11.4 Å². The van der Waals surface area contributed by atoms with Crippen molar-refractivity contribution < 1.29 is 9.59 Å². The summed E-state index contributed by atoms with van der Waals surface area (Å²) in [5, 5.41) is 3.17. The summed E-state index contributed by atoms with van der Waals surface area (Å²) in [4.78, 5) is 26.3. The zero-order valence-electron chi connectivity index (χ0n) is 12.5. The molecule has 2 atom stereocenters. The molecule has 0 unspecified atom stereocenters. The maximum atomic E-state index is 12.9. The molecule has 0 saturated carbocycles. The zero-order valence-corrected chi connectivity index (χ0v) is 15.7. The second-order valence-corrected chi connectivity index (χ2v) is 8.58. The van der Waals surface area contributed by atoms with Crippen molar-refractivity contribution in [1.82, 2.24) is 0 Å². The average Bonchev–Trinajstić information content (AvgIpc) is 2.97. The maximum Gasteiger partial charge on any atom is 0.266 e. The summed E-state index contributed by atoms with van der Waals surface area (Å²) in [6, 6.07) is 12.6. The normalized spacial score (nSPS) is 25.3. The predicted molar refractivity (Wildman–Crippen MR) is 100 cm³/mol. The molecule has 2 amide bonds. The summed E-state index contributed by atoms with van der Waals surface area (Å²) in [5.41, 5.74) is 2.18. The molecule has 4 nitrogen and oxygen atoms in total. The lowest BCUT2D eigenvalue weighted by molar-refractivity contribution is -0.122. The number of anilines is 2. The minimum absolute atomic E-state index is 0.0923. The third-order valence-corrected chi connectivity index (χ3v) is 6.45. The Hall–Kier alpha value is -1.50. The number of amides is 2. The third kappa shape index (κ3) is 2.13. The largest absolute Gasteiger partial charge is 0.323 e. The summed E-state index contributed by atoms with van der Waals surface area (Å²) in [6.07, 6.45) is 0. The smallest absolute Gasteiger partial charge is 0.266 e.